The zero-order valence-electron chi connectivity index (χ0n) is 19.1. The van der Waals surface area contributed by atoms with Gasteiger partial charge in [0.2, 0.25) is 5.82 Å². The van der Waals surface area contributed by atoms with Crippen molar-refractivity contribution in [3.8, 4) is 28.8 Å². The molecule has 0 unspecified atom stereocenters. The highest BCUT2D eigenvalue weighted by Crippen LogP contribution is 2.35. The van der Waals surface area contributed by atoms with E-state index < -0.39 is 0 Å². The van der Waals surface area contributed by atoms with Crippen LogP contribution in [0.1, 0.15) is 5.56 Å². The second-order valence-corrected chi connectivity index (χ2v) is 8.44. The van der Waals surface area contributed by atoms with Crippen molar-refractivity contribution < 1.29 is 18.6 Å². The number of furan rings is 1. The van der Waals surface area contributed by atoms with Gasteiger partial charge in [0.05, 0.1) is 43.8 Å². The zero-order chi connectivity index (χ0) is 24.5. The van der Waals surface area contributed by atoms with Gasteiger partial charge in [0.1, 0.15) is 11.3 Å². The molecule has 0 spiro atoms. The zero-order valence-corrected chi connectivity index (χ0v) is 20.7. The molecule has 0 aliphatic rings. The Bertz CT molecular complexity index is 1660. The van der Waals surface area contributed by atoms with Crippen LogP contribution in [0.5, 0.6) is 17.2 Å². The van der Waals surface area contributed by atoms with E-state index in [1.165, 1.54) is 10.9 Å². The van der Waals surface area contributed by atoms with Crippen LogP contribution in [0.4, 0.5) is 0 Å². The number of nitrogens with zero attached hydrogens (tertiary/aromatic N) is 3. The highest BCUT2D eigenvalue weighted by atomic mass is 79.9. The third-order valence-electron chi connectivity index (χ3n) is 5.50. The van der Waals surface area contributed by atoms with E-state index in [-0.39, 0.29) is 11.4 Å². The second kappa shape index (κ2) is 9.27. The van der Waals surface area contributed by atoms with E-state index in [9.17, 15) is 4.79 Å². The summed E-state index contributed by atoms with van der Waals surface area (Å²) in [5, 5.41) is 5.71. The van der Waals surface area contributed by atoms with Crippen molar-refractivity contribution in [3.05, 3.63) is 81.1 Å². The number of rotatable bonds is 6. The first-order valence-electron chi connectivity index (χ1n) is 10.6. The Kier molecular flexibility index (Phi) is 6.00. The van der Waals surface area contributed by atoms with Gasteiger partial charge in [-0.1, -0.05) is 34.1 Å². The number of hydrogen-bond donors (Lipinski definition) is 0. The molecular weight excluding hydrogens is 514 g/mol. The van der Waals surface area contributed by atoms with Gasteiger partial charge in [-0.3, -0.25) is 4.79 Å². The topological polar surface area (TPSA) is 88.1 Å². The Morgan fingerprint density at radius 1 is 0.943 bits per heavy atom. The minimum Gasteiger partial charge on any atom is -0.496 e. The lowest BCUT2D eigenvalue weighted by Crippen LogP contribution is -2.20. The highest BCUT2D eigenvalue weighted by molar-refractivity contribution is 9.10. The molecule has 9 heteroatoms. The molecule has 0 saturated carbocycles. The van der Waals surface area contributed by atoms with E-state index in [1.807, 2.05) is 30.3 Å². The van der Waals surface area contributed by atoms with E-state index in [0.29, 0.717) is 45.1 Å². The molecule has 3 aromatic carbocycles. The molecule has 0 saturated heterocycles. The molecule has 5 aromatic rings. The lowest BCUT2D eigenvalue weighted by Gasteiger charge is -2.11. The number of fused-ring (bicyclic) bond motifs is 2. The van der Waals surface area contributed by atoms with Crippen LogP contribution in [0.25, 0.3) is 33.5 Å². The minimum absolute atomic E-state index is 0.254. The summed E-state index contributed by atoms with van der Waals surface area (Å²) in [7, 11) is 4.69. The number of halogens is 1. The van der Waals surface area contributed by atoms with Crippen LogP contribution < -0.4 is 19.8 Å². The lowest BCUT2D eigenvalue weighted by atomic mass is 10.2. The first-order valence-corrected chi connectivity index (χ1v) is 11.4. The highest BCUT2D eigenvalue weighted by Gasteiger charge is 2.18. The number of para-hydroxylation sites is 1. The lowest BCUT2D eigenvalue weighted by molar-refractivity contribution is 0.354. The molecule has 0 fully saturated rings. The van der Waals surface area contributed by atoms with Gasteiger partial charge in [0.15, 0.2) is 17.3 Å². The van der Waals surface area contributed by atoms with Gasteiger partial charge in [0.25, 0.3) is 5.56 Å². The van der Waals surface area contributed by atoms with Crippen molar-refractivity contribution in [2.24, 2.45) is 5.10 Å². The summed E-state index contributed by atoms with van der Waals surface area (Å²) in [6, 6.07) is 18.0. The van der Waals surface area contributed by atoms with Gasteiger partial charge >= 0.3 is 0 Å². The molecule has 5 rings (SSSR count). The van der Waals surface area contributed by atoms with Crippen molar-refractivity contribution in [2.75, 3.05) is 21.3 Å². The predicted octanol–water partition coefficient (Wildman–Crippen LogP) is 5.48. The van der Waals surface area contributed by atoms with Gasteiger partial charge in [-0.15, -0.1) is 0 Å². The first-order chi connectivity index (χ1) is 17.0. The van der Waals surface area contributed by atoms with Gasteiger partial charge < -0.3 is 18.6 Å². The summed E-state index contributed by atoms with van der Waals surface area (Å²) in [6.45, 7) is 0. The second-order valence-electron chi connectivity index (χ2n) is 7.53. The summed E-state index contributed by atoms with van der Waals surface area (Å²) in [5.74, 6) is 2.29. The third-order valence-corrected chi connectivity index (χ3v) is 5.96. The van der Waals surface area contributed by atoms with Crippen LogP contribution in [-0.2, 0) is 0 Å². The number of ether oxygens (including phenoxy) is 3. The maximum absolute atomic E-state index is 13.5. The summed E-state index contributed by atoms with van der Waals surface area (Å²) in [6.07, 6.45) is 1.52. The van der Waals surface area contributed by atoms with E-state index >= 15 is 0 Å². The Morgan fingerprint density at radius 3 is 2.51 bits per heavy atom. The molecule has 2 aromatic heterocycles. The normalized spacial score (nSPS) is 11.4. The van der Waals surface area contributed by atoms with Crippen molar-refractivity contribution in [2.45, 2.75) is 0 Å². The standard InChI is InChI=1S/C26H20BrN3O5/c1-32-20-9-6-10-21-18(20)13-23(35-21)25-29-19-8-5-4-7-17(19)26(31)30(25)28-14-15-11-16(27)12-22(33-2)24(15)34-3/h4-14H,1-3H3. The van der Waals surface area contributed by atoms with Crippen molar-refractivity contribution >= 4 is 44.0 Å². The number of aromatic nitrogens is 2. The average molecular weight is 534 g/mol. The molecule has 35 heavy (non-hydrogen) atoms. The van der Waals surface area contributed by atoms with Gasteiger partial charge in [-0.25, -0.2) is 4.98 Å². The summed E-state index contributed by atoms with van der Waals surface area (Å²) in [5.41, 5.74) is 1.41. The van der Waals surface area contributed by atoms with Crippen LogP contribution in [0.15, 0.2) is 79.4 Å². The van der Waals surface area contributed by atoms with Crippen molar-refractivity contribution in [3.63, 3.8) is 0 Å². The smallest absolute Gasteiger partial charge is 0.282 e. The molecule has 8 nitrogen and oxygen atoms in total. The van der Waals surface area contributed by atoms with Crippen LogP contribution in [0, 0.1) is 0 Å². The molecule has 2 heterocycles. The van der Waals surface area contributed by atoms with E-state index in [1.54, 1.807) is 51.7 Å². The molecule has 0 atom stereocenters. The fraction of sp³-hybridized carbons (Fsp3) is 0.115. The molecule has 0 aliphatic carbocycles. The summed E-state index contributed by atoms with van der Waals surface area (Å²) >= 11 is 3.47. The maximum atomic E-state index is 13.5. The molecule has 0 bridgehead atoms. The van der Waals surface area contributed by atoms with Gasteiger partial charge in [-0.2, -0.15) is 9.78 Å². The number of methoxy groups -OCH3 is 3. The van der Waals surface area contributed by atoms with Crippen molar-refractivity contribution in [1.29, 1.82) is 0 Å². The van der Waals surface area contributed by atoms with Crippen LogP contribution >= 0.6 is 15.9 Å². The predicted molar refractivity (Wildman–Crippen MR) is 138 cm³/mol. The van der Waals surface area contributed by atoms with E-state index in [0.717, 1.165) is 9.86 Å². The summed E-state index contributed by atoms with van der Waals surface area (Å²) in [4.78, 5) is 18.2. The Balaban J connectivity index is 1.75. The Labute approximate surface area is 208 Å². The largest absolute Gasteiger partial charge is 0.496 e. The monoisotopic (exact) mass is 533 g/mol. The number of benzene rings is 3. The van der Waals surface area contributed by atoms with Gasteiger partial charge in [-0.05, 0) is 42.5 Å². The maximum Gasteiger partial charge on any atom is 0.282 e. The van der Waals surface area contributed by atoms with Crippen molar-refractivity contribution in [1.82, 2.24) is 9.66 Å². The van der Waals surface area contributed by atoms with Crippen LogP contribution in [-0.4, -0.2) is 37.2 Å². The quantitative estimate of drug-likeness (QED) is 0.268. The Morgan fingerprint density at radius 2 is 1.74 bits per heavy atom. The molecule has 0 N–H and O–H groups in total. The molecule has 0 aliphatic heterocycles. The fourth-order valence-electron chi connectivity index (χ4n) is 3.89. The Hall–Kier alpha value is -4.11. The average Bonchev–Trinajstić information content (AvgIpc) is 3.32. The van der Waals surface area contributed by atoms with Crippen LogP contribution in [0.2, 0.25) is 0 Å². The fourth-order valence-corrected chi connectivity index (χ4v) is 4.34. The molecular formula is C26H20BrN3O5. The molecule has 0 amide bonds. The molecule has 0 radical (unpaired) electrons. The van der Waals surface area contributed by atoms with Gasteiger partial charge in [0, 0.05) is 10.0 Å². The SMILES string of the molecule is COc1cc(Br)cc(C=Nn2c(-c3cc4c(OC)cccc4o3)nc3ccccc3c2=O)c1OC. The third kappa shape index (κ3) is 4.04. The van der Waals surface area contributed by atoms with Crippen LogP contribution in [0.3, 0.4) is 0 Å². The minimum atomic E-state index is -0.338. The molecule has 176 valence electrons. The number of hydrogen-bond acceptors (Lipinski definition) is 7. The first kappa shape index (κ1) is 22.7. The van der Waals surface area contributed by atoms with E-state index in [2.05, 4.69) is 21.0 Å². The summed E-state index contributed by atoms with van der Waals surface area (Å²) < 4.78 is 24.4. The van der Waals surface area contributed by atoms with E-state index in [4.69, 9.17) is 23.6 Å².